The zero-order valence-electron chi connectivity index (χ0n) is 13.7. The molecule has 1 aliphatic heterocycles. The molecule has 1 heterocycles. The van der Waals surface area contributed by atoms with Crippen LogP contribution in [-0.4, -0.2) is 40.8 Å². The Morgan fingerprint density at radius 3 is 2.38 bits per heavy atom. The Morgan fingerprint density at radius 1 is 1.17 bits per heavy atom. The molecule has 1 saturated carbocycles. The van der Waals surface area contributed by atoms with Crippen LogP contribution in [0.1, 0.15) is 32.6 Å². The van der Waals surface area contributed by atoms with E-state index in [-0.39, 0.29) is 23.4 Å². The predicted molar refractivity (Wildman–Crippen MR) is 88.6 cm³/mol. The number of carbonyl (C=O) groups is 2. The maximum atomic E-state index is 12.7. The van der Waals surface area contributed by atoms with E-state index in [0.717, 1.165) is 25.7 Å². The van der Waals surface area contributed by atoms with E-state index in [1.54, 1.807) is 28.9 Å². The molecule has 2 aliphatic rings. The minimum atomic E-state index is -0.498. The average molecular weight is 331 g/mol. The van der Waals surface area contributed by atoms with Crippen LogP contribution >= 0.6 is 0 Å². The molecule has 1 atom stereocenters. The van der Waals surface area contributed by atoms with Crippen LogP contribution in [0.25, 0.3) is 0 Å². The van der Waals surface area contributed by atoms with Crippen molar-refractivity contribution in [2.75, 3.05) is 18.0 Å². The van der Waals surface area contributed by atoms with Crippen molar-refractivity contribution in [3.63, 3.8) is 0 Å². The van der Waals surface area contributed by atoms with E-state index in [2.05, 4.69) is 0 Å². The molecule has 0 aromatic heterocycles. The molecule has 0 N–H and O–H groups in total. The van der Waals surface area contributed by atoms with Gasteiger partial charge in [0.05, 0.1) is 4.92 Å². The number of nitrogens with zero attached hydrogens (tertiary/aromatic N) is 3. The number of hydrogen-bond donors (Lipinski definition) is 0. The quantitative estimate of drug-likeness (QED) is 0.628. The van der Waals surface area contributed by atoms with Gasteiger partial charge >= 0.3 is 0 Å². The highest BCUT2D eigenvalue weighted by Gasteiger charge is 2.38. The smallest absolute Gasteiger partial charge is 0.269 e. The largest absolute Gasteiger partial charge is 0.329 e. The van der Waals surface area contributed by atoms with Crippen LogP contribution < -0.4 is 4.90 Å². The van der Waals surface area contributed by atoms with Crippen molar-refractivity contribution in [1.82, 2.24) is 4.90 Å². The molecule has 0 spiro atoms. The lowest BCUT2D eigenvalue weighted by Gasteiger charge is -2.40. The summed E-state index contributed by atoms with van der Waals surface area (Å²) in [6, 6.07) is 5.45. The molecular weight excluding hydrogens is 310 g/mol. The molecule has 0 radical (unpaired) electrons. The molecule has 7 nitrogen and oxygen atoms in total. The fourth-order valence-electron chi connectivity index (χ4n) is 3.59. The molecule has 0 bridgehead atoms. The summed E-state index contributed by atoms with van der Waals surface area (Å²) in [5, 5.41) is 10.7. The first-order chi connectivity index (χ1) is 11.5. The van der Waals surface area contributed by atoms with Gasteiger partial charge in [-0.3, -0.25) is 19.7 Å². The van der Waals surface area contributed by atoms with Crippen LogP contribution in [0.3, 0.4) is 0 Å². The van der Waals surface area contributed by atoms with Crippen LogP contribution in [0, 0.1) is 16.0 Å². The molecule has 2 fully saturated rings. The van der Waals surface area contributed by atoms with Gasteiger partial charge in [0.15, 0.2) is 0 Å². The fourth-order valence-corrected chi connectivity index (χ4v) is 3.59. The number of non-ortho nitro benzene ring substituents is 1. The summed E-state index contributed by atoms with van der Waals surface area (Å²) in [6.07, 6.45) is 4.01. The van der Waals surface area contributed by atoms with E-state index in [9.17, 15) is 19.7 Å². The second-order valence-electron chi connectivity index (χ2n) is 6.45. The first-order valence-corrected chi connectivity index (χ1v) is 8.35. The lowest BCUT2D eigenvalue weighted by molar-refractivity contribution is -0.384. The third-order valence-corrected chi connectivity index (χ3v) is 5.02. The molecule has 1 aliphatic carbocycles. The van der Waals surface area contributed by atoms with Gasteiger partial charge in [0.25, 0.3) is 5.69 Å². The summed E-state index contributed by atoms with van der Waals surface area (Å²) in [6.45, 7) is 2.67. The summed E-state index contributed by atoms with van der Waals surface area (Å²) in [5.74, 6) is 0.0179. The van der Waals surface area contributed by atoms with Crippen LogP contribution in [0.2, 0.25) is 0 Å². The molecule has 3 rings (SSSR count). The summed E-state index contributed by atoms with van der Waals surface area (Å²) in [5.41, 5.74) is 0.625. The van der Waals surface area contributed by atoms with Crippen LogP contribution in [0.4, 0.5) is 11.4 Å². The summed E-state index contributed by atoms with van der Waals surface area (Å²) in [4.78, 5) is 38.8. The normalized spacial score (nSPS) is 22.0. The summed E-state index contributed by atoms with van der Waals surface area (Å²) < 4.78 is 0. The lowest BCUT2D eigenvalue weighted by Crippen LogP contribution is -2.58. The highest BCUT2D eigenvalue weighted by Crippen LogP contribution is 2.29. The van der Waals surface area contributed by atoms with E-state index in [4.69, 9.17) is 0 Å². The number of rotatable bonds is 3. The SMILES string of the molecule is C[C@@H]1C(=O)N(c2ccc([N+](=O)[O-])cc2)CCN1C(=O)C1CCCC1. The fraction of sp³-hybridized carbons (Fsp3) is 0.529. The van der Waals surface area contributed by atoms with Gasteiger partial charge in [0.1, 0.15) is 6.04 Å². The van der Waals surface area contributed by atoms with E-state index in [1.807, 2.05) is 0 Å². The zero-order chi connectivity index (χ0) is 17.3. The number of benzene rings is 1. The molecule has 2 amide bonds. The minimum Gasteiger partial charge on any atom is -0.329 e. The molecule has 7 heteroatoms. The van der Waals surface area contributed by atoms with Gasteiger partial charge in [-0.2, -0.15) is 0 Å². The van der Waals surface area contributed by atoms with E-state index < -0.39 is 11.0 Å². The Hall–Kier alpha value is -2.44. The third kappa shape index (κ3) is 2.98. The second-order valence-corrected chi connectivity index (χ2v) is 6.45. The van der Waals surface area contributed by atoms with Crippen LogP contribution in [-0.2, 0) is 9.59 Å². The van der Waals surface area contributed by atoms with Crippen molar-refractivity contribution in [2.24, 2.45) is 5.92 Å². The van der Waals surface area contributed by atoms with Gasteiger partial charge in [-0.15, -0.1) is 0 Å². The number of amides is 2. The highest BCUT2D eigenvalue weighted by molar-refractivity contribution is 6.00. The van der Waals surface area contributed by atoms with Crippen molar-refractivity contribution < 1.29 is 14.5 Å². The Labute approximate surface area is 140 Å². The minimum absolute atomic E-state index is 0.00528. The molecule has 1 aromatic carbocycles. The van der Waals surface area contributed by atoms with E-state index >= 15 is 0 Å². The first-order valence-electron chi connectivity index (χ1n) is 8.35. The summed E-state index contributed by atoms with van der Waals surface area (Å²) in [7, 11) is 0. The van der Waals surface area contributed by atoms with E-state index in [1.165, 1.54) is 12.1 Å². The Bertz CT molecular complexity index is 652. The van der Waals surface area contributed by atoms with Crippen molar-refractivity contribution in [1.29, 1.82) is 0 Å². The average Bonchev–Trinajstić information content (AvgIpc) is 3.11. The maximum Gasteiger partial charge on any atom is 0.269 e. The van der Waals surface area contributed by atoms with E-state index in [0.29, 0.717) is 18.8 Å². The van der Waals surface area contributed by atoms with Crippen LogP contribution in [0.5, 0.6) is 0 Å². The van der Waals surface area contributed by atoms with Crippen molar-refractivity contribution in [2.45, 2.75) is 38.6 Å². The first kappa shape index (κ1) is 16.4. The van der Waals surface area contributed by atoms with Gasteiger partial charge in [-0.05, 0) is 31.9 Å². The number of piperazine rings is 1. The number of nitro groups is 1. The Morgan fingerprint density at radius 2 is 1.79 bits per heavy atom. The molecule has 0 unspecified atom stereocenters. The third-order valence-electron chi connectivity index (χ3n) is 5.02. The second kappa shape index (κ2) is 6.59. The number of hydrogen-bond acceptors (Lipinski definition) is 4. The monoisotopic (exact) mass is 331 g/mol. The van der Waals surface area contributed by atoms with Gasteiger partial charge in [-0.25, -0.2) is 0 Å². The lowest BCUT2D eigenvalue weighted by atomic mass is 10.0. The zero-order valence-corrected chi connectivity index (χ0v) is 13.7. The van der Waals surface area contributed by atoms with Gasteiger partial charge in [0.2, 0.25) is 11.8 Å². The van der Waals surface area contributed by atoms with Crippen molar-refractivity contribution in [3.8, 4) is 0 Å². The van der Waals surface area contributed by atoms with Crippen molar-refractivity contribution >= 4 is 23.2 Å². The molecule has 128 valence electrons. The highest BCUT2D eigenvalue weighted by atomic mass is 16.6. The number of anilines is 1. The Balaban J connectivity index is 1.72. The van der Waals surface area contributed by atoms with Gasteiger partial charge in [-0.1, -0.05) is 12.8 Å². The molecule has 1 aromatic rings. The standard InChI is InChI=1S/C17H21N3O4/c1-12-16(21)19(14-6-8-15(9-7-14)20(23)24)11-10-18(12)17(22)13-4-2-3-5-13/h6-9,12-13H,2-5,10-11H2,1H3/t12-/m1/s1. The number of nitro benzene ring substituents is 1. The van der Waals surface area contributed by atoms with Crippen LogP contribution in [0.15, 0.2) is 24.3 Å². The van der Waals surface area contributed by atoms with Crippen molar-refractivity contribution in [3.05, 3.63) is 34.4 Å². The topological polar surface area (TPSA) is 83.8 Å². The molecular formula is C17H21N3O4. The Kier molecular flexibility index (Phi) is 4.51. The van der Waals surface area contributed by atoms with Gasteiger partial charge in [0, 0.05) is 36.8 Å². The predicted octanol–water partition coefficient (Wildman–Crippen LogP) is 2.35. The maximum absolute atomic E-state index is 12.7. The summed E-state index contributed by atoms with van der Waals surface area (Å²) >= 11 is 0. The molecule has 24 heavy (non-hydrogen) atoms. The van der Waals surface area contributed by atoms with Gasteiger partial charge < -0.3 is 9.80 Å². The molecule has 1 saturated heterocycles. The number of carbonyl (C=O) groups excluding carboxylic acids is 2.